The Labute approximate surface area is 334 Å². The van der Waals surface area contributed by atoms with Crippen LogP contribution in [0.1, 0.15) is 36.1 Å². The van der Waals surface area contributed by atoms with Crippen molar-refractivity contribution in [2.24, 2.45) is 0 Å². The zero-order valence-electron chi connectivity index (χ0n) is 32.1. The molecule has 5 aromatic carbocycles. The van der Waals surface area contributed by atoms with Crippen LogP contribution in [0.2, 0.25) is 64.5 Å². The molecule has 0 aliphatic heterocycles. The fourth-order valence-electron chi connectivity index (χ4n) is 6.17. The Morgan fingerprint density at radius 1 is 0.620 bits per heavy atom. The molecule has 0 fully saturated rings. The standard InChI is InChI=1S/C17H17.C14H29Si3.C13H10.2ClH.Zr/c1-3-12-5-7-16-14(9-12)11-15-10-13(4-2)6-8-17(15)16;1-15(2,3)12-10-13(16(4,5)6)14(11-12)17(7,8)9;1-3-7-12(8-4-1)11-13-9-5-2-6-10-13;;;/h5-11H,3-4H2,1-2H3;10,12H,1-9H3;1-10H;2*1H;/q2*-1;;;;+2/p-2. The Morgan fingerprint density at radius 2 is 1.04 bits per heavy atom. The molecule has 0 radical (unpaired) electrons. The van der Waals surface area contributed by atoms with Crippen LogP contribution in [0.4, 0.5) is 0 Å². The van der Waals surface area contributed by atoms with E-state index in [2.05, 4.69) is 188 Å². The first kappa shape index (κ1) is 44.4. The molecule has 0 bridgehead atoms. The van der Waals surface area contributed by atoms with Crippen molar-refractivity contribution in [2.45, 2.75) is 91.2 Å². The van der Waals surface area contributed by atoms with Crippen LogP contribution in [0.3, 0.4) is 0 Å². The van der Waals surface area contributed by atoms with Crippen molar-refractivity contribution in [3.05, 3.63) is 148 Å². The average Bonchev–Trinajstić information content (AvgIpc) is 3.69. The van der Waals surface area contributed by atoms with Gasteiger partial charge in [-0.25, -0.2) is 10.4 Å². The summed E-state index contributed by atoms with van der Waals surface area (Å²) < 4.78 is 1.42. The molecule has 264 valence electrons. The van der Waals surface area contributed by atoms with E-state index in [1.807, 2.05) is 0 Å². The van der Waals surface area contributed by atoms with Crippen molar-refractivity contribution in [3.63, 3.8) is 0 Å². The molecule has 0 saturated carbocycles. The zero-order chi connectivity index (χ0) is 35.3. The van der Waals surface area contributed by atoms with Gasteiger partial charge in [0.2, 0.25) is 0 Å². The summed E-state index contributed by atoms with van der Waals surface area (Å²) in [6.45, 7) is 26.7. The number of hydrogen-bond donors (Lipinski definition) is 0. The van der Waals surface area contributed by atoms with E-state index in [1.165, 1.54) is 71.2 Å². The number of hydrogen-bond acceptors (Lipinski definition) is 0. The van der Waals surface area contributed by atoms with Gasteiger partial charge in [-0.3, -0.25) is 6.08 Å². The SMILES string of the molecule is CCc1ccc2c(c1)[cH-]c1cc(CC)ccc12.C[Si](C)(C)C1=[C-]C([Si](C)(C)C)C=C1[Si](C)(C)C.[Cl-].[Cl-].[Zr+2]=[C](c1ccccc1)c1ccccc1. The quantitative estimate of drug-likeness (QED) is 0.126. The summed E-state index contributed by atoms with van der Waals surface area (Å²) >= 11 is 1.46. The maximum absolute atomic E-state index is 3.91. The van der Waals surface area contributed by atoms with E-state index < -0.39 is 24.2 Å². The van der Waals surface area contributed by atoms with Crippen LogP contribution in [-0.2, 0) is 37.1 Å². The van der Waals surface area contributed by atoms with Crippen LogP contribution in [0.5, 0.6) is 0 Å². The normalized spacial score (nSPS) is 14.3. The van der Waals surface area contributed by atoms with Gasteiger partial charge in [0.15, 0.2) is 0 Å². The minimum absolute atomic E-state index is 0. The van der Waals surface area contributed by atoms with Crippen LogP contribution in [0.15, 0.2) is 120 Å². The summed E-state index contributed by atoms with van der Waals surface area (Å²) in [6.07, 6.45) is 8.73. The zero-order valence-corrected chi connectivity index (χ0v) is 39.1. The molecule has 1 atom stereocenters. The van der Waals surface area contributed by atoms with Crippen LogP contribution < -0.4 is 24.8 Å². The molecule has 5 aromatic rings. The molecule has 1 unspecified atom stereocenters. The van der Waals surface area contributed by atoms with Crippen LogP contribution in [-0.4, -0.2) is 27.4 Å². The Morgan fingerprint density at radius 3 is 1.36 bits per heavy atom. The third kappa shape index (κ3) is 11.6. The van der Waals surface area contributed by atoms with Crippen molar-refractivity contribution in [1.82, 2.24) is 0 Å². The van der Waals surface area contributed by atoms with Gasteiger partial charge in [0.05, 0.1) is 0 Å². The second-order valence-electron chi connectivity index (χ2n) is 16.2. The number of fused-ring (bicyclic) bond motifs is 3. The Balaban J connectivity index is 0.000000256. The summed E-state index contributed by atoms with van der Waals surface area (Å²) in [5, 5.41) is 8.92. The molecule has 0 N–H and O–H groups in total. The second kappa shape index (κ2) is 18.8. The van der Waals surface area contributed by atoms with E-state index in [0.717, 1.165) is 12.8 Å². The first-order valence-corrected chi connectivity index (χ1v) is 29.5. The van der Waals surface area contributed by atoms with Gasteiger partial charge in [0, 0.05) is 16.1 Å². The maximum atomic E-state index is 3.91. The topological polar surface area (TPSA) is 0 Å². The van der Waals surface area contributed by atoms with Crippen LogP contribution >= 0.6 is 0 Å². The summed E-state index contributed by atoms with van der Waals surface area (Å²) in [4.78, 5) is 0. The minimum atomic E-state index is -1.22. The number of benzene rings is 4. The molecule has 50 heavy (non-hydrogen) atoms. The number of halogens is 2. The van der Waals surface area contributed by atoms with Gasteiger partial charge in [-0.05, 0) is 20.9 Å². The molecule has 0 saturated heterocycles. The predicted molar refractivity (Wildman–Crippen MR) is 221 cm³/mol. The van der Waals surface area contributed by atoms with Crippen LogP contribution in [0, 0.1) is 6.08 Å². The van der Waals surface area contributed by atoms with Gasteiger partial charge >= 0.3 is 99.2 Å². The molecule has 0 aromatic heterocycles. The van der Waals surface area contributed by atoms with Gasteiger partial charge in [-0.2, -0.15) is 6.08 Å². The summed E-state index contributed by atoms with van der Waals surface area (Å²) in [5.41, 5.74) is 6.16. The van der Waals surface area contributed by atoms with Gasteiger partial charge in [-0.15, -0.1) is 45.3 Å². The Hall–Kier alpha value is -1.79. The first-order valence-electron chi connectivity index (χ1n) is 17.7. The summed E-state index contributed by atoms with van der Waals surface area (Å²) in [5.74, 6) is 0. The van der Waals surface area contributed by atoms with Gasteiger partial charge < -0.3 is 24.8 Å². The van der Waals surface area contributed by atoms with Gasteiger partial charge in [0.25, 0.3) is 0 Å². The Kier molecular flexibility index (Phi) is 16.7. The third-order valence-corrected chi connectivity index (χ3v) is 17.0. The van der Waals surface area contributed by atoms with E-state index >= 15 is 0 Å². The fourth-order valence-corrected chi connectivity index (χ4v) is 13.8. The molecule has 0 spiro atoms. The number of aryl methyl sites for hydroxylation is 2. The number of rotatable bonds is 7. The molecule has 0 amide bonds. The summed E-state index contributed by atoms with van der Waals surface area (Å²) in [7, 11) is -3.55. The molecule has 0 nitrogen and oxygen atoms in total. The fraction of sp³-hybridized carbons (Fsp3) is 0.318. The number of allylic oxidation sites excluding steroid dienone is 4. The molecular formula is C44H56Cl2Si3Zr-2. The second-order valence-corrected chi connectivity index (χ2v) is 32.9. The van der Waals surface area contributed by atoms with E-state index in [9.17, 15) is 0 Å². The van der Waals surface area contributed by atoms with Gasteiger partial charge in [0.1, 0.15) is 0 Å². The van der Waals surface area contributed by atoms with Crippen molar-refractivity contribution >= 4 is 49.0 Å². The molecule has 1 aliphatic carbocycles. The van der Waals surface area contributed by atoms with E-state index in [4.69, 9.17) is 0 Å². The molecule has 1 aliphatic rings. The van der Waals surface area contributed by atoms with Crippen molar-refractivity contribution in [2.75, 3.05) is 0 Å². The predicted octanol–water partition coefficient (Wildman–Crippen LogP) is 6.77. The Bertz CT molecular complexity index is 1770. The van der Waals surface area contributed by atoms with Crippen molar-refractivity contribution < 1.29 is 49.0 Å². The average molecular weight is 831 g/mol. The van der Waals surface area contributed by atoms with Gasteiger partial charge in [-0.1, -0.05) is 108 Å². The third-order valence-electron chi connectivity index (χ3n) is 9.17. The monoisotopic (exact) mass is 828 g/mol. The molecule has 6 heteroatoms. The molecular weight excluding hydrogens is 775 g/mol. The summed E-state index contributed by atoms with van der Waals surface area (Å²) in [6, 6.07) is 37.1. The van der Waals surface area contributed by atoms with E-state index in [0.29, 0.717) is 5.54 Å². The van der Waals surface area contributed by atoms with Crippen LogP contribution in [0.25, 0.3) is 21.5 Å². The van der Waals surface area contributed by atoms with Crippen molar-refractivity contribution in [3.8, 4) is 0 Å². The van der Waals surface area contributed by atoms with E-state index in [-0.39, 0.29) is 24.8 Å². The van der Waals surface area contributed by atoms with Crippen molar-refractivity contribution in [1.29, 1.82) is 0 Å². The molecule has 6 rings (SSSR count). The first-order chi connectivity index (χ1) is 22.5. The molecule has 0 heterocycles. The van der Waals surface area contributed by atoms with E-state index in [1.54, 1.807) is 10.4 Å².